The van der Waals surface area contributed by atoms with Gasteiger partial charge in [0.2, 0.25) is 0 Å². The van der Waals surface area contributed by atoms with Gasteiger partial charge in [-0.1, -0.05) is 30.3 Å². The molecule has 1 heterocycles. The molecule has 1 saturated heterocycles. The van der Waals surface area contributed by atoms with E-state index < -0.39 is 0 Å². The third kappa shape index (κ3) is 4.14. The van der Waals surface area contributed by atoms with E-state index in [1.807, 2.05) is 18.2 Å². The molecular formula is C15H19NO2. The smallest absolute Gasteiger partial charge is 0.250 e. The lowest BCUT2D eigenvalue weighted by atomic mass is 10.1. The van der Waals surface area contributed by atoms with Crippen LogP contribution in [0.15, 0.2) is 30.3 Å². The molecule has 0 aromatic heterocycles. The summed E-state index contributed by atoms with van der Waals surface area (Å²) < 4.78 is 11.2. The highest BCUT2D eigenvalue weighted by Gasteiger charge is 2.19. The normalized spacial score (nSPS) is 21.2. The Morgan fingerprint density at radius 1 is 1.33 bits per heavy atom. The second kappa shape index (κ2) is 7.15. The summed E-state index contributed by atoms with van der Waals surface area (Å²) in [6.07, 6.45) is 3.88. The van der Waals surface area contributed by atoms with Crippen LogP contribution in [0, 0.1) is 6.57 Å². The molecule has 3 heteroatoms. The van der Waals surface area contributed by atoms with Crippen LogP contribution >= 0.6 is 0 Å². The highest BCUT2D eigenvalue weighted by molar-refractivity contribution is 5.16. The van der Waals surface area contributed by atoms with Crippen molar-refractivity contribution >= 4 is 0 Å². The Kier molecular flexibility index (Phi) is 5.19. The fraction of sp³-hybridized carbons (Fsp3) is 0.533. The molecule has 18 heavy (non-hydrogen) atoms. The van der Waals surface area contributed by atoms with Gasteiger partial charge in [0.25, 0.3) is 6.04 Å². The maximum Gasteiger partial charge on any atom is 0.250 e. The molecule has 0 spiro atoms. The molecular weight excluding hydrogens is 226 g/mol. The van der Waals surface area contributed by atoms with Crippen molar-refractivity contribution in [1.82, 2.24) is 0 Å². The van der Waals surface area contributed by atoms with Crippen LogP contribution in [0.5, 0.6) is 0 Å². The minimum absolute atomic E-state index is 0.0984. The van der Waals surface area contributed by atoms with Crippen molar-refractivity contribution in [3.63, 3.8) is 0 Å². The topological polar surface area (TPSA) is 22.8 Å². The quantitative estimate of drug-likeness (QED) is 0.744. The fourth-order valence-electron chi connectivity index (χ4n) is 2.09. The summed E-state index contributed by atoms with van der Waals surface area (Å²) in [5.41, 5.74) is 1.19. The van der Waals surface area contributed by atoms with Gasteiger partial charge in [0.15, 0.2) is 6.29 Å². The Bertz CT molecular complexity index is 379. The van der Waals surface area contributed by atoms with Gasteiger partial charge in [-0.15, -0.1) is 0 Å². The molecule has 1 aliphatic rings. The van der Waals surface area contributed by atoms with Crippen LogP contribution < -0.4 is 0 Å². The first kappa shape index (κ1) is 13.1. The standard InChI is InChI=1S/C15H19NO2/c1-16-14(11-13-7-3-2-4-8-13)12-18-15-9-5-6-10-17-15/h2-4,7-8,14-15H,5-6,9-12H2/t14-,15?/m0/s1. The van der Waals surface area contributed by atoms with Crippen molar-refractivity contribution in [2.45, 2.75) is 38.0 Å². The molecule has 1 aromatic rings. The highest BCUT2D eigenvalue weighted by Crippen LogP contribution is 2.15. The molecule has 0 amide bonds. The summed E-state index contributed by atoms with van der Waals surface area (Å²) in [7, 11) is 0. The number of hydrogen-bond donors (Lipinski definition) is 0. The van der Waals surface area contributed by atoms with Crippen LogP contribution in [0.4, 0.5) is 0 Å². The first-order chi connectivity index (χ1) is 8.88. The average molecular weight is 245 g/mol. The van der Waals surface area contributed by atoms with Crippen molar-refractivity contribution in [2.75, 3.05) is 13.2 Å². The average Bonchev–Trinajstić information content (AvgIpc) is 2.45. The summed E-state index contributed by atoms with van der Waals surface area (Å²) in [4.78, 5) is 3.64. The van der Waals surface area contributed by atoms with Gasteiger partial charge in [-0.2, -0.15) is 0 Å². The van der Waals surface area contributed by atoms with Crippen LogP contribution in [0.1, 0.15) is 24.8 Å². The maximum absolute atomic E-state index is 7.23. The molecule has 1 aromatic carbocycles. The van der Waals surface area contributed by atoms with E-state index in [4.69, 9.17) is 16.0 Å². The van der Waals surface area contributed by atoms with E-state index in [2.05, 4.69) is 17.0 Å². The van der Waals surface area contributed by atoms with Crippen LogP contribution in [0.25, 0.3) is 4.85 Å². The molecule has 1 unspecified atom stereocenters. The number of ether oxygens (including phenoxy) is 2. The predicted molar refractivity (Wildman–Crippen MR) is 70.1 cm³/mol. The SMILES string of the molecule is [C-]#[N+][C@H](COC1CCCCO1)Cc1ccccc1. The van der Waals surface area contributed by atoms with E-state index in [0.29, 0.717) is 6.61 Å². The zero-order valence-corrected chi connectivity index (χ0v) is 10.5. The molecule has 2 atom stereocenters. The van der Waals surface area contributed by atoms with Gasteiger partial charge < -0.3 is 14.3 Å². The van der Waals surface area contributed by atoms with Crippen molar-refractivity contribution in [1.29, 1.82) is 0 Å². The monoisotopic (exact) mass is 245 g/mol. The Labute approximate surface area is 109 Å². The Balaban J connectivity index is 1.77. The van der Waals surface area contributed by atoms with Crippen molar-refractivity contribution in [2.24, 2.45) is 0 Å². The van der Waals surface area contributed by atoms with Gasteiger partial charge in [-0.05, 0) is 24.8 Å². The third-order valence-electron chi connectivity index (χ3n) is 3.11. The molecule has 1 fully saturated rings. The highest BCUT2D eigenvalue weighted by atomic mass is 16.7. The molecule has 3 nitrogen and oxygen atoms in total. The molecule has 1 aliphatic heterocycles. The minimum Gasteiger partial charge on any atom is -0.353 e. The van der Waals surface area contributed by atoms with E-state index in [0.717, 1.165) is 32.3 Å². The zero-order valence-electron chi connectivity index (χ0n) is 10.5. The summed E-state index contributed by atoms with van der Waals surface area (Å²) in [6, 6.07) is 9.98. The summed E-state index contributed by atoms with van der Waals surface area (Å²) in [6.45, 7) is 8.48. The second-order valence-electron chi connectivity index (χ2n) is 4.60. The molecule has 2 rings (SSSR count). The lowest BCUT2D eigenvalue weighted by Gasteiger charge is -2.22. The number of nitrogens with zero attached hydrogens (tertiary/aromatic N) is 1. The van der Waals surface area contributed by atoms with E-state index in [9.17, 15) is 0 Å². The van der Waals surface area contributed by atoms with E-state index in [1.54, 1.807) is 0 Å². The fourth-order valence-corrected chi connectivity index (χ4v) is 2.09. The van der Waals surface area contributed by atoms with Crippen LogP contribution in [-0.2, 0) is 15.9 Å². The van der Waals surface area contributed by atoms with E-state index >= 15 is 0 Å². The first-order valence-electron chi connectivity index (χ1n) is 6.52. The lowest BCUT2D eigenvalue weighted by Crippen LogP contribution is -2.26. The van der Waals surface area contributed by atoms with E-state index in [-0.39, 0.29) is 12.3 Å². The molecule has 0 saturated carbocycles. The minimum atomic E-state index is -0.113. The number of rotatable bonds is 5. The van der Waals surface area contributed by atoms with E-state index in [1.165, 1.54) is 5.56 Å². The van der Waals surface area contributed by atoms with Crippen LogP contribution in [0.2, 0.25) is 0 Å². The van der Waals surface area contributed by atoms with Crippen molar-refractivity contribution in [3.8, 4) is 0 Å². The van der Waals surface area contributed by atoms with Crippen molar-refractivity contribution < 1.29 is 9.47 Å². The van der Waals surface area contributed by atoms with Gasteiger partial charge in [-0.25, -0.2) is 6.57 Å². The van der Waals surface area contributed by atoms with Crippen LogP contribution in [-0.4, -0.2) is 25.5 Å². The number of benzene rings is 1. The molecule has 96 valence electrons. The maximum atomic E-state index is 7.23. The van der Waals surface area contributed by atoms with Gasteiger partial charge >= 0.3 is 0 Å². The number of hydrogen-bond acceptors (Lipinski definition) is 2. The van der Waals surface area contributed by atoms with Crippen molar-refractivity contribution in [3.05, 3.63) is 47.3 Å². The largest absolute Gasteiger partial charge is 0.353 e. The summed E-state index contributed by atoms with van der Waals surface area (Å²) >= 11 is 0. The van der Waals surface area contributed by atoms with Gasteiger partial charge in [0.1, 0.15) is 6.61 Å². The summed E-state index contributed by atoms with van der Waals surface area (Å²) in [5, 5.41) is 0. The molecule has 0 bridgehead atoms. The molecule has 0 radical (unpaired) electrons. The third-order valence-corrected chi connectivity index (χ3v) is 3.11. The first-order valence-corrected chi connectivity index (χ1v) is 6.52. The summed E-state index contributed by atoms with van der Waals surface area (Å²) in [5.74, 6) is 0. The van der Waals surface area contributed by atoms with Gasteiger partial charge in [0.05, 0.1) is 6.42 Å². The Morgan fingerprint density at radius 2 is 2.17 bits per heavy atom. The molecule has 0 aliphatic carbocycles. The second-order valence-corrected chi connectivity index (χ2v) is 4.60. The van der Waals surface area contributed by atoms with Gasteiger partial charge in [0, 0.05) is 6.61 Å². The van der Waals surface area contributed by atoms with Crippen LogP contribution in [0.3, 0.4) is 0 Å². The lowest BCUT2D eigenvalue weighted by molar-refractivity contribution is -0.163. The Hall–Kier alpha value is -1.37. The molecule has 0 N–H and O–H groups in total. The Morgan fingerprint density at radius 3 is 2.83 bits per heavy atom. The van der Waals surface area contributed by atoms with Gasteiger partial charge in [-0.3, -0.25) is 0 Å². The predicted octanol–water partition coefficient (Wildman–Crippen LogP) is 3.06. The zero-order chi connectivity index (χ0) is 12.6.